The van der Waals surface area contributed by atoms with E-state index in [1.807, 2.05) is 11.8 Å². The number of fused-ring (bicyclic) bond motifs is 1. The highest BCUT2D eigenvalue weighted by atomic mass is 32.2. The van der Waals surface area contributed by atoms with Gasteiger partial charge in [0.05, 0.1) is 4.90 Å². The minimum atomic E-state index is -3.64. The molecule has 8 nitrogen and oxygen atoms in total. The molecule has 0 radical (unpaired) electrons. The first-order valence-corrected chi connectivity index (χ1v) is 12.2. The highest BCUT2D eigenvalue weighted by molar-refractivity contribution is 7.90. The summed E-state index contributed by atoms with van der Waals surface area (Å²) in [5.41, 5.74) is 0.506. The number of hydrogen-bond acceptors (Lipinski definition) is 5. The van der Waals surface area contributed by atoms with E-state index in [0.29, 0.717) is 38.2 Å². The first-order chi connectivity index (χ1) is 14.4. The fourth-order valence-corrected chi connectivity index (χ4v) is 5.21. The van der Waals surface area contributed by atoms with E-state index in [-0.39, 0.29) is 28.5 Å². The van der Waals surface area contributed by atoms with Gasteiger partial charge >= 0.3 is 0 Å². The number of amides is 2. The molecule has 9 heteroatoms. The Bertz CT molecular complexity index is 963. The van der Waals surface area contributed by atoms with Gasteiger partial charge in [0.1, 0.15) is 11.9 Å². The normalized spacial score (nSPS) is 22.5. The summed E-state index contributed by atoms with van der Waals surface area (Å²) in [6, 6.07) is 6.03. The molecule has 2 heterocycles. The fourth-order valence-electron chi connectivity index (χ4n) is 3.97. The zero-order chi connectivity index (χ0) is 21.3. The van der Waals surface area contributed by atoms with Crippen molar-refractivity contribution in [3.05, 3.63) is 29.8 Å². The minimum absolute atomic E-state index is 0.0990. The van der Waals surface area contributed by atoms with Crippen LogP contribution in [0.25, 0.3) is 0 Å². The SMILES string of the molecule is CCCC[C@@H](N=C1NS(=O)(=O)c2ccccc21)C(=O)N1CCN(C(=O)C2CC2)CC1. The number of carbonyl (C=O) groups is 2. The maximum atomic E-state index is 13.2. The van der Waals surface area contributed by atoms with Crippen LogP contribution < -0.4 is 4.72 Å². The number of rotatable bonds is 6. The Morgan fingerprint density at radius 1 is 1.13 bits per heavy atom. The summed E-state index contributed by atoms with van der Waals surface area (Å²) >= 11 is 0. The van der Waals surface area contributed by atoms with Gasteiger partial charge in [-0.3, -0.25) is 19.3 Å². The second-order valence-corrected chi connectivity index (χ2v) is 9.81. The van der Waals surface area contributed by atoms with E-state index in [2.05, 4.69) is 9.71 Å². The van der Waals surface area contributed by atoms with Crippen molar-refractivity contribution in [3.63, 3.8) is 0 Å². The van der Waals surface area contributed by atoms with Gasteiger partial charge in [0, 0.05) is 37.7 Å². The van der Waals surface area contributed by atoms with Crippen molar-refractivity contribution >= 4 is 27.7 Å². The van der Waals surface area contributed by atoms with Gasteiger partial charge < -0.3 is 9.80 Å². The lowest BCUT2D eigenvalue weighted by Crippen LogP contribution is -2.53. The van der Waals surface area contributed by atoms with Gasteiger partial charge in [0.15, 0.2) is 0 Å². The van der Waals surface area contributed by atoms with Crippen LogP contribution in [0.15, 0.2) is 34.2 Å². The van der Waals surface area contributed by atoms with E-state index in [1.165, 1.54) is 0 Å². The number of nitrogens with one attached hydrogen (secondary N) is 1. The highest BCUT2D eigenvalue weighted by Gasteiger charge is 2.37. The van der Waals surface area contributed by atoms with Crippen molar-refractivity contribution in [1.82, 2.24) is 14.5 Å². The zero-order valence-corrected chi connectivity index (χ0v) is 18.0. The van der Waals surface area contributed by atoms with Gasteiger partial charge in [-0.1, -0.05) is 31.9 Å². The third kappa shape index (κ3) is 4.21. The first kappa shape index (κ1) is 20.8. The second kappa shape index (κ2) is 8.37. The van der Waals surface area contributed by atoms with Gasteiger partial charge in [-0.15, -0.1) is 0 Å². The lowest BCUT2D eigenvalue weighted by Gasteiger charge is -2.36. The van der Waals surface area contributed by atoms with Crippen molar-refractivity contribution < 1.29 is 18.0 Å². The number of sulfonamides is 1. The molecule has 0 spiro atoms. The quantitative estimate of drug-likeness (QED) is 0.734. The van der Waals surface area contributed by atoms with E-state index in [9.17, 15) is 18.0 Å². The Balaban J connectivity index is 1.50. The van der Waals surface area contributed by atoms with E-state index in [1.54, 1.807) is 29.2 Å². The molecule has 30 heavy (non-hydrogen) atoms. The van der Waals surface area contributed by atoms with Crippen molar-refractivity contribution in [3.8, 4) is 0 Å². The molecule has 1 saturated carbocycles. The molecule has 2 fully saturated rings. The van der Waals surface area contributed by atoms with Crippen LogP contribution in [0.4, 0.5) is 0 Å². The van der Waals surface area contributed by atoms with Crippen molar-refractivity contribution in [2.75, 3.05) is 26.2 Å². The average Bonchev–Trinajstić information content (AvgIpc) is 3.57. The Kier molecular flexibility index (Phi) is 5.81. The fraction of sp³-hybridized carbons (Fsp3) is 0.571. The molecule has 4 rings (SSSR count). The number of nitrogens with zero attached hydrogens (tertiary/aromatic N) is 3. The van der Waals surface area contributed by atoms with E-state index in [4.69, 9.17) is 0 Å². The zero-order valence-electron chi connectivity index (χ0n) is 17.2. The lowest BCUT2D eigenvalue weighted by atomic mass is 10.1. The van der Waals surface area contributed by atoms with Crippen LogP contribution in [-0.4, -0.2) is 68.1 Å². The number of aliphatic imine (C=N–C) groups is 1. The number of amidine groups is 1. The molecule has 0 bridgehead atoms. The topological polar surface area (TPSA) is 99.1 Å². The molecule has 3 aliphatic rings. The van der Waals surface area contributed by atoms with E-state index >= 15 is 0 Å². The number of unbranched alkanes of at least 4 members (excludes halogenated alkanes) is 1. The monoisotopic (exact) mass is 432 g/mol. The average molecular weight is 433 g/mol. The summed E-state index contributed by atoms with van der Waals surface area (Å²) in [4.78, 5) is 33.9. The van der Waals surface area contributed by atoms with Gasteiger partial charge in [-0.25, -0.2) is 8.42 Å². The standard InChI is InChI=1S/C21H28N4O4S/c1-2-3-7-17(22-19-16-6-4-5-8-18(16)30(28,29)23-19)21(27)25-13-11-24(12-14-25)20(26)15-9-10-15/h4-6,8,15,17H,2-3,7,9-14H2,1H3,(H,22,23)/t17-/m1/s1. The van der Waals surface area contributed by atoms with Gasteiger partial charge in [0.2, 0.25) is 11.8 Å². The molecule has 0 unspecified atom stereocenters. The second-order valence-electron chi connectivity index (χ2n) is 8.16. The Labute approximate surface area is 177 Å². The Morgan fingerprint density at radius 2 is 1.80 bits per heavy atom. The van der Waals surface area contributed by atoms with Crippen molar-refractivity contribution in [1.29, 1.82) is 0 Å². The molecular weight excluding hydrogens is 404 g/mol. The molecule has 1 N–H and O–H groups in total. The number of piperazine rings is 1. The predicted molar refractivity (Wildman–Crippen MR) is 112 cm³/mol. The lowest BCUT2D eigenvalue weighted by molar-refractivity contribution is -0.141. The smallest absolute Gasteiger partial charge is 0.263 e. The molecule has 0 aromatic heterocycles. The largest absolute Gasteiger partial charge is 0.339 e. The van der Waals surface area contributed by atoms with Crippen LogP contribution in [0.2, 0.25) is 0 Å². The van der Waals surface area contributed by atoms with Gasteiger partial charge in [-0.05, 0) is 31.4 Å². The summed E-state index contributed by atoms with van der Waals surface area (Å²) in [5, 5.41) is 0. The molecule has 162 valence electrons. The van der Waals surface area contributed by atoms with Crippen molar-refractivity contribution in [2.24, 2.45) is 10.9 Å². The first-order valence-electron chi connectivity index (χ1n) is 10.7. The number of hydrogen-bond donors (Lipinski definition) is 1. The summed E-state index contributed by atoms with van der Waals surface area (Å²) in [6.45, 7) is 4.13. The minimum Gasteiger partial charge on any atom is -0.339 e. The highest BCUT2D eigenvalue weighted by Crippen LogP contribution is 2.31. The van der Waals surface area contributed by atoms with Crippen LogP contribution in [0.5, 0.6) is 0 Å². The predicted octanol–water partition coefficient (Wildman–Crippen LogP) is 1.36. The summed E-state index contributed by atoms with van der Waals surface area (Å²) in [7, 11) is -3.64. The Hall–Kier alpha value is -2.42. The maximum absolute atomic E-state index is 13.2. The van der Waals surface area contributed by atoms with Crippen LogP contribution in [-0.2, 0) is 19.6 Å². The third-order valence-corrected chi connectivity index (χ3v) is 7.29. The van der Waals surface area contributed by atoms with E-state index in [0.717, 1.165) is 25.7 Å². The van der Waals surface area contributed by atoms with Gasteiger partial charge in [0.25, 0.3) is 10.0 Å². The summed E-state index contributed by atoms with van der Waals surface area (Å²) in [5.74, 6) is 0.536. The molecule has 2 aliphatic heterocycles. The molecule has 1 saturated heterocycles. The molecule has 1 aromatic rings. The number of benzene rings is 1. The molecule has 1 aromatic carbocycles. The maximum Gasteiger partial charge on any atom is 0.263 e. The van der Waals surface area contributed by atoms with Crippen molar-refractivity contribution in [2.45, 2.75) is 50.0 Å². The van der Waals surface area contributed by atoms with Gasteiger partial charge in [-0.2, -0.15) is 0 Å². The summed E-state index contributed by atoms with van der Waals surface area (Å²) in [6.07, 6.45) is 4.25. The third-order valence-electron chi connectivity index (χ3n) is 5.89. The molecule has 1 atom stereocenters. The van der Waals surface area contributed by atoms with E-state index < -0.39 is 16.1 Å². The van der Waals surface area contributed by atoms with Crippen LogP contribution in [0.1, 0.15) is 44.6 Å². The molecular formula is C21H28N4O4S. The summed E-state index contributed by atoms with van der Waals surface area (Å²) < 4.78 is 27.2. The Morgan fingerprint density at radius 3 is 2.47 bits per heavy atom. The van der Waals surface area contributed by atoms with Crippen LogP contribution in [0.3, 0.4) is 0 Å². The van der Waals surface area contributed by atoms with Crippen LogP contribution >= 0.6 is 0 Å². The molecule has 1 aliphatic carbocycles. The number of carbonyl (C=O) groups excluding carboxylic acids is 2. The molecule has 2 amide bonds. The van der Waals surface area contributed by atoms with Crippen LogP contribution in [0, 0.1) is 5.92 Å².